The minimum atomic E-state index is -0.839. The number of hydrogen-bond acceptors (Lipinski definition) is 1. The van der Waals surface area contributed by atoms with Gasteiger partial charge < -0.3 is 5.73 Å². The Bertz CT molecular complexity index is 609. The average molecular weight is 245 g/mol. The summed E-state index contributed by atoms with van der Waals surface area (Å²) in [7, 11) is 0. The third-order valence-corrected chi connectivity index (χ3v) is 3.70. The van der Waals surface area contributed by atoms with Crippen LogP contribution in [-0.4, -0.2) is 0 Å². The molecule has 3 rings (SSSR count). The Morgan fingerprint density at radius 1 is 1.00 bits per heavy atom. The summed E-state index contributed by atoms with van der Waals surface area (Å²) in [5.41, 5.74) is 7.99. The molecule has 2 aromatic carbocycles. The fraction of sp³-hybridized carbons (Fsp3) is 0.200. The molecular formula is C15H13F2N. The molecule has 1 nitrogen and oxygen atoms in total. The van der Waals surface area contributed by atoms with Crippen molar-refractivity contribution in [3.8, 4) is 0 Å². The van der Waals surface area contributed by atoms with Crippen LogP contribution in [0, 0.1) is 11.6 Å². The molecule has 2 aromatic rings. The number of benzene rings is 2. The van der Waals surface area contributed by atoms with Crippen molar-refractivity contribution in [1.82, 2.24) is 0 Å². The highest BCUT2D eigenvalue weighted by atomic mass is 19.1. The number of halogens is 2. The van der Waals surface area contributed by atoms with Gasteiger partial charge in [-0.25, -0.2) is 8.78 Å². The zero-order valence-corrected chi connectivity index (χ0v) is 9.79. The van der Waals surface area contributed by atoms with E-state index in [-0.39, 0.29) is 0 Å². The van der Waals surface area contributed by atoms with Crippen LogP contribution < -0.4 is 5.73 Å². The summed E-state index contributed by atoms with van der Waals surface area (Å²) in [4.78, 5) is 0. The molecule has 2 N–H and O–H groups in total. The SMILES string of the molecule is NC1(c2ccc(F)cc2F)CCc2ccccc21. The molecular weight excluding hydrogens is 232 g/mol. The number of fused-ring (bicyclic) bond motifs is 1. The van der Waals surface area contributed by atoms with Crippen LogP contribution >= 0.6 is 0 Å². The molecule has 3 heteroatoms. The van der Waals surface area contributed by atoms with Gasteiger partial charge in [0.25, 0.3) is 0 Å². The predicted molar refractivity (Wildman–Crippen MR) is 66.1 cm³/mol. The third kappa shape index (κ3) is 1.55. The summed E-state index contributed by atoms with van der Waals surface area (Å²) < 4.78 is 26.9. The highest BCUT2D eigenvalue weighted by Gasteiger charge is 2.38. The minimum absolute atomic E-state index is 0.369. The first-order valence-electron chi connectivity index (χ1n) is 5.94. The Morgan fingerprint density at radius 3 is 2.56 bits per heavy atom. The molecule has 0 amide bonds. The van der Waals surface area contributed by atoms with E-state index in [1.807, 2.05) is 24.3 Å². The Hall–Kier alpha value is -1.74. The van der Waals surface area contributed by atoms with Crippen LogP contribution in [0.5, 0.6) is 0 Å². The lowest BCUT2D eigenvalue weighted by Gasteiger charge is -2.26. The van der Waals surface area contributed by atoms with Gasteiger partial charge in [0.2, 0.25) is 0 Å². The summed E-state index contributed by atoms with van der Waals surface area (Å²) in [6.07, 6.45) is 1.47. The van der Waals surface area contributed by atoms with Gasteiger partial charge in [-0.3, -0.25) is 0 Å². The fourth-order valence-corrected chi connectivity index (χ4v) is 2.77. The van der Waals surface area contributed by atoms with E-state index in [1.165, 1.54) is 12.1 Å². The van der Waals surface area contributed by atoms with Gasteiger partial charge in [-0.15, -0.1) is 0 Å². The number of aryl methyl sites for hydroxylation is 1. The van der Waals surface area contributed by atoms with Gasteiger partial charge in [0.05, 0.1) is 5.54 Å². The summed E-state index contributed by atoms with van der Waals surface area (Å²) in [6.45, 7) is 0. The minimum Gasteiger partial charge on any atom is -0.318 e. The lowest BCUT2D eigenvalue weighted by molar-refractivity contribution is 0.484. The number of hydrogen-bond donors (Lipinski definition) is 1. The van der Waals surface area contributed by atoms with Crippen molar-refractivity contribution >= 4 is 0 Å². The van der Waals surface area contributed by atoms with Crippen molar-refractivity contribution in [2.45, 2.75) is 18.4 Å². The molecule has 0 saturated heterocycles. The Kier molecular flexibility index (Phi) is 2.45. The molecule has 18 heavy (non-hydrogen) atoms. The van der Waals surface area contributed by atoms with E-state index in [4.69, 9.17) is 5.73 Å². The number of rotatable bonds is 1. The number of nitrogens with two attached hydrogens (primary N) is 1. The molecule has 1 atom stereocenters. The molecule has 1 aliphatic rings. The van der Waals surface area contributed by atoms with Crippen LogP contribution in [0.15, 0.2) is 42.5 Å². The van der Waals surface area contributed by atoms with Crippen molar-refractivity contribution in [2.24, 2.45) is 5.73 Å². The zero-order valence-electron chi connectivity index (χ0n) is 9.79. The molecule has 0 bridgehead atoms. The van der Waals surface area contributed by atoms with E-state index in [2.05, 4.69) is 0 Å². The van der Waals surface area contributed by atoms with Gasteiger partial charge in [0, 0.05) is 11.6 Å². The Morgan fingerprint density at radius 2 is 1.78 bits per heavy atom. The van der Waals surface area contributed by atoms with Gasteiger partial charge in [0.15, 0.2) is 0 Å². The topological polar surface area (TPSA) is 26.0 Å². The van der Waals surface area contributed by atoms with Crippen LogP contribution in [0.4, 0.5) is 8.78 Å². The Labute approximate surface area is 104 Å². The molecule has 0 spiro atoms. The molecule has 0 fully saturated rings. The van der Waals surface area contributed by atoms with Crippen LogP contribution in [0.2, 0.25) is 0 Å². The molecule has 0 aliphatic heterocycles. The first-order valence-corrected chi connectivity index (χ1v) is 5.94. The monoisotopic (exact) mass is 245 g/mol. The van der Waals surface area contributed by atoms with Crippen molar-refractivity contribution in [3.05, 3.63) is 70.8 Å². The van der Waals surface area contributed by atoms with Gasteiger partial charge in [-0.2, -0.15) is 0 Å². The highest BCUT2D eigenvalue weighted by molar-refractivity contribution is 5.47. The summed E-state index contributed by atoms with van der Waals surface area (Å²) in [6, 6.07) is 11.4. The Balaban J connectivity index is 2.17. The molecule has 92 valence electrons. The van der Waals surface area contributed by atoms with Crippen LogP contribution in [0.25, 0.3) is 0 Å². The molecule has 0 radical (unpaired) electrons. The van der Waals surface area contributed by atoms with Gasteiger partial charge >= 0.3 is 0 Å². The largest absolute Gasteiger partial charge is 0.318 e. The van der Waals surface area contributed by atoms with E-state index in [0.717, 1.165) is 23.6 Å². The van der Waals surface area contributed by atoms with Crippen LogP contribution in [-0.2, 0) is 12.0 Å². The summed E-state index contributed by atoms with van der Waals surface area (Å²) in [5.74, 6) is -1.15. The molecule has 1 unspecified atom stereocenters. The third-order valence-electron chi connectivity index (χ3n) is 3.70. The van der Waals surface area contributed by atoms with E-state index < -0.39 is 17.2 Å². The second-order valence-corrected chi connectivity index (χ2v) is 4.75. The van der Waals surface area contributed by atoms with Crippen LogP contribution in [0.3, 0.4) is 0 Å². The normalized spacial score (nSPS) is 21.9. The van der Waals surface area contributed by atoms with Crippen molar-refractivity contribution in [1.29, 1.82) is 0 Å². The van der Waals surface area contributed by atoms with Crippen molar-refractivity contribution in [2.75, 3.05) is 0 Å². The quantitative estimate of drug-likeness (QED) is 0.820. The lowest BCUT2D eigenvalue weighted by atomic mass is 9.85. The first kappa shape index (κ1) is 11.4. The predicted octanol–water partition coefficient (Wildman–Crippen LogP) is 3.11. The standard InChI is InChI=1S/C15H13F2N/c16-11-5-6-13(14(17)9-11)15(18)8-7-10-3-1-2-4-12(10)15/h1-6,9H,7-8,18H2. The van der Waals surface area contributed by atoms with Gasteiger partial charge in [0.1, 0.15) is 11.6 Å². The van der Waals surface area contributed by atoms with Gasteiger partial charge in [-0.05, 0) is 30.0 Å². The zero-order chi connectivity index (χ0) is 12.8. The second kappa shape index (κ2) is 3.89. The first-order chi connectivity index (χ1) is 8.61. The van der Waals surface area contributed by atoms with Crippen molar-refractivity contribution < 1.29 is 8.78 Å². The van der Waals surface area contributed by atoms with Crippen LogP contribution in [0.1, 0.15) is 23.1 Å². The molecule has 1 aliphatic carbocycles. The summed E-state index contributed by atoms with van der Waals surface area (Å²) in [5, 5.41) is 0. The highest BCUT2D eigenvalue weighted by Crippen LogP contribution is 2.40. The second-order valence-electron chi connectivity index (χ2n) is 4.75. The molecule has 0 aromatic heterocycles. The van der Waals surface area contributed by atoms with Crippen molar-refractivity contribution in [3.63, 3.8) is 0 Å². The molecule has 0 heterocycles. The lowest BCUT2D eigenvalue weighted by Crippen LogP contribution is -2.36. The maximum absolute atomic E-state index is 13.9. The smallest absolute Gasteiger partial charge is 0.131 e. The maximum atomic E-state index is 13.9. The average Bonchev–Trinajstić information content (AvgIpc) is 2.69. The van der Waals surface area contributed by atoms with E-state index in [0.29, 0.717) is 12.0 Å². The fourth-order valence-electron chi connectivity index (χ4n) is 2.77. The van der Waals surface area contributed by atoms with E-state index in [1.54, 1.807) is 0 Å². The molecule has 0 saturated carbocycles. The van der Waals surface area contributed by atoms with Gasteiger partial charge in [-0.1, -0.05) is 30.3 Å². The maximum Gasteiger partial charge on any atom is 0.131 e. The summed E-state index contributed by atoms with van der Waals surface area (Å²) >= 11 is 0. The van der Waals surface area contributed by atoms with E-state index in [9.17, 15) is 8.78 Å². The van der Waals surface area contributed by atoms with E-state index >= 15 is 0 Å².